The second-order valence-electron chi connectivity index (χ2n) is 31.0. The van der Waals surface area contributed by atoms with Crippen molar-refractivity contribution in [2.45, 2.75) is 331 Å². The highest BCUT2D eigenvalue weighted by atomic mass is 16.8. The molecule has 48 nitrogen and oxygen atoms in total. The summed E-state index contributed by atoms with van der Waals surface area (Å²) in [4.78, 5) is 65.3. The first-order chi connectivity index (χ1) is 55.9. The van der Waals surface area contributed by atoms with Crippen molar-refractivity contribution >= 4 is 29.4 Å². The third-order valence-corrected chi connectivity index (χ3v) is 23.2. The molecule has 0 spiro atoms. The number of ether oxygens (including phenoxy) is 15. The molecule has 0 saturated carbocycles. The van der Waals surface area contributed by atoms with E-state index in [0.29, 0.717) is 0 Å². The first kappa shape index (κ1) is 97.8. The molecule has 0 aromatic heterocycles. The van der Waals surface area contributed by atoms with Gasteiger partial charge in [0.25, 0.3) is 0 Å². The lowest BCUT2D eigenvalue weighted by Gasteiger charge is -2.52. The highest BCUT2D eigenvalue weighted by molar-refractivity contribution is 5.89. The molecule has 9 aliphatic heterocycles. The molecule has 4 amide bonds. The van der Waals surface area contributed by atoms with Crippen LogP contribution in [0.2, 0.25) is 0 Å². The second kappa shape index (κ2) is 43.3. The number of Topliss-reactive ketones (excluding diaryl/α,β-unsaturated/α-hetero) is 1. The number of ketones is 1. The number of aliphatic hydroxyl groups excluding tert-OH is 23. The molecular formula is C70H119N5O43. The Labute approximate surface area is 674 Å². The van der Waals surface area contributed by atoms with E-state index in [4.69, 9.17) is 71.1 Å². The van der Waals surface area contributed by atoms with Crippen LogP contribution in [-0.4, -0.2) is 470 Å². The van der Waals surface area contributed by atoms with E-state index in [9.17, 15) is 141 Å². The molecule has 9 fully saturated rings. The topological polar surface area (TPSA) is 749 Å². The number of aliphatic hydroxyl groups is 23. The molecule has 28 N–H and O–H groups in total. The van der Waals surface area contributed by atoms with Gasteiger partial charge in [0.2, 0.25) is 23.6 Å². The summed E-state index contributed by atoms with van der Waals surface area (Å²) in [5.41, 5.74) is 0. The highest BCUT2D eigenvalue weighted by Crippen LogP contribution is 2.44. The summed E-state index contributed by atoms with van der Waals surface area (Å²) in [5.74, 6) is -8.47. The summed E-state index contributed by atoms with van der Waals surface area (Å²) >= 11 is 0. The molecule has 118 heavy (non-hydrogen) atoms. The minimum atomic E-state index is -2.49. The maximum atomic E-state index is 13.5. The minimum Gasteiger partial charge on any atom is -0.394 e. The Bertz CT molecular complexity index is 3170. The first-order valence-corrected chi connectivity index (χ1v) is 39.2. The van der Waals surface area contributed by atoms with Crippen LogP contribution < -0.4 is 26.6 Å². The van der Waals surface area contributed by atoms with E-state index in [1.165, 1.54) is 14.0 Å². The molecule has 0 aromatic rings. The van der Waals surface area contributed by atoms with Gasteiger partial charge in [0.15, 0.2) is 44.0 Å². The van der Waals surface area contributed by atoms with Gasteiger partial charge in [-0.2, -0.15) is 0 Å². The second-order valence-corrected chi connectivity index (χ2v) is 31.0. The zero-order chi connectivity index (χ0) is 87.1. The summed E-state index contributed by atoms with van der Waals surface area (Å²) in [6.07, 6.45) is -76.3. The van der Waals surface area contributed by atoms with Crippen LogP contribution in [0.5, 0.6) is 0 Å². The third-order valence-electron chi connectivity index (χ3n) is 23.2. The Balaban J connectivity index is 1.06. The minimum absolute atomic E-state index is 0.0244. The molecule has 9 rings (SSSR count). The number of amides is 4. The smallest absolute Gasteiger partial charge is 0.224 e. The largest absolute Gasteiger partial charge is 0.394 e. The van der Waals surface area contributed by atoms with E-state index in [2.05, 4.69) is 26.6 Å². The normalized spacial score (nSPS) is 47.3. The third kappa shape index (κ3) is 21.6. The van der Waals surface area contributed by atoms with Gasteiger partial charge < -0.3 is 215 Å². The first-order valence-electron chi connectivity index (χ1n) is 39.2. The number of hydrogen-bond acceptors (Lipinski definition) is 44. The summed E-state index contributed by atoms with van der Waals surface area (Å²) in [5, 5.41) is 272. The Morgan fingerprint density at radius 3 is 1.28 bits per heavy atom. The van der Waals surface area contributed by atoms with E-state index < -0.39 is 371 Å². The summed E-state index contributed by atoms with van der Waals surface area (Å²) < 4.78 is 91.9. The van der Waals surface area contributed by atoms with Gasteiger partial charge in [-0.25, -0.2) is 0 Å². The quantitative estimate of drug-likeness (QED) is 0.0290. The Kier molecular flexibility index (Phi) is 35.9. The molecule has 9 aliphatic rings. The molecule has 48 heteroatoms. The van der Waals surface area contributed by atoms with Gasteiger partial charge in [-0.15, -0.1) is 0 Å². The number of carbonyl (C=O) groups is 5. The standard InChI is InChI=1S/C70H119N5O43/c1-8-26(86)25(71-7)11-37(87)75-64-40(73-22(5)84)51(97)59(27(9-2)107-64)114-67-41(74-23(6)85)52(98)61(35(18-82)112-67)116-70-57(103)63(118-65-24(43(89)44(90)29(12-76)108-65)10-28-39(72-21(4)83)62(48(94)33(16-80)105-28)117-69-56(102)54(100)47(93)32(15-79)111-69)49(95)36(113-70)19-104-66-38(50(96)45(91)30(13-77)109-66)58-20(3)42(88)60(34(17-81)106-58)115-68-55(101)53(99)46(92)31(14-78)110-68/h20,24-25,27-36,38-71,76-82,88-103H,8-19H2,1-7H3,(H,72,83)(H,73,84)(H,74,85)(H,75,87)/t20?,24?,25-,27?,28-,29-,30?,31?,32?,33-,34?,35?,36?,38?,39?,40?,41?,42+,43?,44+,45?,46?,47?,48+,49?,50+,51+,52+,53-,54-,55?,56?,57?,58-,59?,60?,61?,62?,63-,64+,65+,66-,67-,68-,69-,70-/m0/s1. The Hall–Kier alpha value is -4.01. The van der Waals surface area contributed by atoms with Crippen molar-refractivity contribution in [2.24, 2.45) is 17.8 Å². The van der Waals surface area contributed by atoms with Crippen molar-refractivity contribution in [3.05, 3.63) is 0 Å². The summed E-state index contributed by atoms with van der Waals surface area (Å²) in [6.45, 7) is -0.720. The molecule has 0 aliphatic carbocycles. The average Bonchev–Trinajstić information content (AvgIpc) is 0.761. The van der Waals surface area contributed by atoms with Gasteiger partial charge >= 0.3 is 0 Å². The number of hydrogen-bond donors (Lipinski definition) is 28. The maximum Gasteiger partial charge on any atom is 0.224 e. The van der Waals surface area contributed by atoms with Gasteiger partial charge in [-0.1, -0.05) is 20.8 Å². The van der Waals surface area contributed by atoms with Gasteiger partial charge in [0.1, 0.15) is 177 Å². The van der Waals surface area contributed by atoms with Crippen molar-refractivity contribution in [3.63, 3.8) is 0 Å². The highest BCUT2D eigenvalue weighted by Gasteiger charge is 2.62. The lowest BCUT2D eigenvalue weighted by atomic mass is 9.76. The predicted octanol–water partition coefficient (Wildman–Crippen LogP) is -16.5. The fourth-order valence-corrected chi connectivity index (χ4v) is 16.6. The lowest BCUT2D eigenvalue weighted by molar-refractivity contribution is -0.383. The Morgan fingerprint density at radius 2 is 0.763 bits per heavy atom. The van der Waals surface area contributed by atoms with E-state index >= 15 is 0 Å². The van der Waals surface area contributed by atoms with E-state index in [0.717, 1.165) is 20.8 Å². The van der Waals surface area contributed by atoms with Crippen LogP contribution in [0, 0.1) is 17.8 Å². The van der Waals surface area contributed by atoms with Crippen LogP contribution >= 0.6 is 0 Å². The monoisotopic (exact) mass is 1720 g/mol. The molecule has 9 saturated heterocycles. The molecule has 0 bridgehead atoms. The van der Waals surface area contributed by atoms with Crippen LogP contribution in [0.1, 0.15) is 67.2 Å². The van der Waals surface area contributed by atoms with Crippen LogP contribution in [0.4, 0.5) is 0 Å². The fourth-order valence-electron chi connectivity index (χ4n) is 16.6. The molecule has 25 unspecified atom stereocenters. The van der Waals surface area contributed by atoms with Crippen molar-refractivity contribution in [3.8, 4) is 0 Å². The molecule has 46 atom stereocenters. The average molecular weight is 1720 g/mol. The van der Waals surface area contributed by atoms with Crippen molar-refractivity contribution < 1.29 is 212 Å². The van der Waals surface area contributed by atoms with Gasteiger partial charge in [0.05, 0.1) is 107 Å². The van der Waals surface area contributed by atoms with Crippen LogP contribution in [0.25, 0.3) is 0 Å². The summed E-state index contributed by atoms with van der Waals surface area (Å²) in [7, 11) is 1.46. The predicted molar refractivity (Wildman–Crippen MR) is 379 cm³/mol. The molecule has 0 radical (unpaired) electrons. The van der Waals surface area contributed by atoms with Crippen LogP contribution in [0.15, 0.2) is 0 Å². The molecule has 682 valence electrons. The number of likely N-dealkylation sites (N-methyl/N-ethyl adjacent to an activating group) is 1. The van der Waals surface area contributed by atoms with E-state index in [1.807, 2.05) is 0 Å². The van der Waals surface area contributed by atoms with Gasteiger partial charge in [-0.3, -0.25) is 24.0 Å². The SMILES string of the molecule is CCC(=O)[C@H](CC(=O)N[C@@H]1OC(CC)C(O[C@@H]2OC(CO)C(O[C@@H]3OC(CO[C@H]4OC(CO)C(O)[C@H](O)C4[C@H]4OC(CO)C(O[C@@H]5OC(CO)C(O)[C@H](O)C5O)[C@H](O)C4C)C(O)[C@H](O[C@H]4O[C@@H](CO)[C@@H](O)C(O)C4C[C@@H]4O[C@@H](CO)[C@@H](O)C(O[C@@H]5OC(CO)C(O)[C@H](O)C5O)C4NC(C)=O)C3O)[C@H](O)C2NC(C)=O)[C@H](O)C1NC(C)=O)NC. The number of carbonyl (C=O) groups excluding carboxylic acids is 5. The van der Waals surface area contributed by atoms with Gasteiger partial charge in [0, 0.05) is 45.4 Å². The van der Waals surface area contributed by atoms with Crippen molar-refractivity contribution in [2.75, 3.05) is 59.9 Å². The maximum absolute atomic E-state index is 13.5. The van der Waals surface area contributed by atoms with Gasteiger partial charge in [-0.05, 0) is 19.9 Å². The zero-order valence-corrected chi connectivity index (χ0v) is 65.5. The molecule has 9 heterocycles. The molecular weight excluding hydrogens is 1600 g/mol. The van der Waals surface area contributed by atoms with Crippen molar-refractivity contribution in [1.29, 1.82) is 0 Å². The Morgan fingerprint density at radius 1 is 0.356 bits per heavy atom. The van der Waals surface area contributed by atoms with Crippen molar-refractivity contribution in [1.82, 2.24) is 26.6 Å². The summed E-state index contributed by atoms with van der Waals surface area (Å²) in [6, 6.07) is -6.03. The van der Waals surface area contributed by atoms with Crippen LogP contribution in [0.3, 0.4) is 0 Å². The number of rotatable bonds is 33. The lowest BCUT2D eigenvalue weighted by Crippen LogP contribution is -2.71. The van der Waals surface area contributed by atoms with E-state index in [-0.39, 0.29) is 18.6 Å². The number of nitrogens with one attached hydrogen (secondary N) is 5. The fraction of sp³-hybridized carbons (Fsp3) is 0.929. The van der Waals surface area contributed by atoms with E-state index in [1.54, 1.807) is 13.8 Å². The zero-order valence-electron chi connectivity index (χ0n) is 65.5. The molecule has 0 aromatic carbocycles. The van der Waals surface area contributed by atoms with Crippen LogP contribution in [-0.2, 0) is 95.0 Å².